The zero-order chi connectivity index (χ0) is 15.6. The first-order valence-corrected chi connectivity index (χ1v) is 9.75. The summed E-state index contributed by atoms with van der Waals surface area (Å²) >= 11 is 0. The Hall–Kier alpha value is -0.723. The number of hydrogen-bond donors (Lipinski definition) is 0. The highest BCUT2D eigenvalue weighted by molar-refractivity contribution is 6.66. The lowest BCUT2D eigenvalue weighted by Crippen LogP contribution is -2.40. The summed E-state index contributed by atoms with van der Waals surface area (Å²) in [4.78, 5) is 22.5. The molecule has 5 nitrogen and oxygen atoms in total. The number of rotatable bonds is 11. The van der Waals surface area contributed by atoms with E-state index in [2.05, 4.69) is 0 Å². The molecule has 0 aromatic rings. The summed E-state index contributed by atoms with van der Waals surface area (Å²) < 4.78 is 16.4. The second-order valence-corrected chi connectivity index (χ2v) is 8.39. The molecular weight excluding hydrogens is 276 g/mol. The van der Waals surface area contributed by atoms with Crippen LogP contribution in [0.15, 0.2) is 0 Å². The maximum Gasteiger partial charge on any atom is 0.334 e. The van der Waals surface area contributed by atoms with Crippen molar-refractivity contribution in [2.75, 3.05) is 20.3 Å². The molecule has 0 radical (unpaired) electrons. The maximum atomic E-state index is 11.9. The van der Waals surface area contributed by atoms with Crippen LogP contribution in [0.3, 0.4) is 0 Å². The van der Waals surface area contributed by atoms with Crippen molar-refractivity contribution >= 4 is 20.8 Å². The summed E-state index contributed by atoms with van der Waals surface area (Å²) in [5.74, 6) is -0.567. The zero-order valence-electron chi connectivity index (χ0n) is 13.3. The molecule has 0 heterocycles. The number of methoxy groups -OCH3 is 1. The highest BCUT2D eigenvalue weighted by atomic mass is 28.4. The summed E-state index contributed by atoms with van der Waals surface area (Å²) in [6, 6.07) is 0.720. The van der Waals surface area contributed by atoms with Crippen molar-refractivity contribution in [3.05, 3.63) is 0 Å². The number of hydrogen-bond acceptors (Lipinski definition) is 5. The SMILES string of the molecule is CCO[Si](C)(CCC(C(=O)OC)C(C)CC=O)OCC. The summed E-state index contributed by atoms with van der Waals surface area (Å²) in [5, 5.41) is 0. The quantitative estimate of drug-likeness (QED) is 0.333. The van der Waals surface area contributed by atoms with Gasteiger partial charge >= 0.3 is 14.5 Å². The van der Waals surface area contributed by atoms with Crippen LogP contribution in [-0.2, 0) is 23.2 Å². The van der Waals surface area contributed by atoms with Crippen molar-refractivity contribution in [2.45, 2.75) is 46.2 Å². The van der Waals surface area contributed by atoms with E-state index in [1.165, 1.54) is 7.11 Å². The van der Waals surface area contributed by atoms with Crippen LogP contribution < -0.4 is 0 Å². The molecule has 0 aromatic carbocycles. The van der Waals surface area contributed by atoms with Crippen LogP contribution in [0.25, 0.3) is 0 Å². The van der Waals surface area contributed by atoms with Gasteiger partial charge in [-0.2, -0.15) is 0 Å². The third-order valence-electron chi connectivity index (χ3n) is 3.47. The molecule has 0 fully saturated rings. The van der Waals surface area contributed by atoms with Gasteiger partial charge in [-0.25, -0.2) is 0 Å². The van der Waals surface area contributed by atoms with Gasteiger partial charge in [-0.15, -0.1) is 0 Å². The summed E-state index contributed by atoms with van der Waals surface area (Å²) in [7, 11) is -0.856. The third kappa shape index (κ3) is 6.63. The summed E-state index contributed by atoms with van der Waals surface area (Å²) in [5.41, 5.74) is 0. The van der Waals surface area contributed by atoms with E-state index in [0.29, 0.717) is 26.1 Å². The van der Waals surface area contributed by atoms with Gasteiger partial charge in [-0.05, 0) is 38.8 Å². The van der Waals surface area contributed by atoms with E-state index in [1.807, 2.05) is 27.3 Å². The van der Waals surface area contributed by atoms with E-state index in [4.69, 9.17) is 13.6 Å². The molecule has 0 aliphatic rings. The highest BCUT2D eigenvalue weighted by Gasteiger charge is 2.34. The second-order valence-electron chi connectivity index (χ2n) is 5.05. The number of ether oxygens (including phenoxy) is 1. The van der Waals surface area contributed by atoms with Crippen LogP contribution in [-0.4, -0.2) is 41.1 Å². The molecule has 0 saturated carbocycles. The lowest BCUT2D eigenvalue weighted by atomic mass is 9.89. The Balaban J connectivity index is 4.71. The normalized spacial score (nSPS) is 14.7. The van der Waals surface area contributed by atoms with Gasteiger partial charge in [0.2, 0.25) is 0 Å². The average Bonchev–Trinajstić information content (AvgIpc) is 2.39. The first-order chi connectivity index (χ1) is 9.44. The Morgan fingerprint density at radius 1 is 1.25 bits per heavy atom. The van der Waals surface area contributed by atoms with Crippen molar-refractivity contribution < 1.29 is 23.2 Å². The van der Waals surface area contributed by atoms with Crippen LogP contribution in [0.5, 0.6) is 0 Å². The minimum Gasteiger partial charge on any atom is -0.469 e. The predicted molar refractivity (Wildman–Crippen MR) is 79.6 cm³/mol. The zero-order valence-corrected chi connectivity index (χ0v) is 14.3. The number of carbonyl (C=O) groups excluding carboxylic acids is 2. The predicted octanol–water partition coefficient (Wildman–Crippen LogP) is 2.54. The van der Waals surface area contributed by atoms with Crippen molar-refractivity contribution in [3.8, 4) is 0 Å². The van der Waals surface area contributed by atoms with Crippen LogP contribution in [0.4, 0.5) is 0 Å². The van der Waals surface area contributed by atoms with E-state index in [9.17, 15) is 9.59 Å². The number of aldehydes is 1. The van der Waals surface area contributed by atoms with Gasteiger partial charge in [0.1, 0.15) is 6.29 Å². The third-order valence-corrected chi connectivity index (χ3v) is 6.46. The van der Waals surface area contributed by atoms with Gasteiger partial charge in [0.25, 0.3) is 0 Å². The minimum absolute atomic E-state index is 0.0264. The van der Waals surface area contributed by atoms with Gasteiger partial charge in [-0.1, -0.05) is 6.92 Å². The molecule has 0 N–H and O–H groups in total. The molecular formula is C14H28O5Si. The van der Waals surface area contributed by atoms with Crippen LogP contribution in [0, 0.1) is 11.8 Å². The Labute approximate surface area is 123 Å². The van der Waals surface area contributed by atoms with Crippen molar-refractivity contribution in [1.82, 2.24) is 0 Å². The molecule has 20 heavy (non-hydrogen) atoms. The Morgan fingerprint density at radius 3 is 2.20 bits per heavy atom. The van der Waals surface area contributed by atoms with E-state index in [0.717, 1.165) is 12.3 Å². The van der Waals surface area contributed by atoms with Gasteiger partial charge < -0.3 is 18.4 Å². The fourth-order valence-electron chi connectivity index (χ4n) is 2.32. The Bertz CT molecular complexity index is 289. The number of esters is 1. The van der Waals surface area contributed by atoms with Gasteiger partial charge in [0, 0.05) is 19.6 Å². The molecule has 0 bridgehead atoms. The molecule has 2 unspecified atom stereocenters. The minimum atomic E-state index is -2.24. The van der Waals surface area contributed by atoms with Gasteiger partial charge in [0.05, 0.1) is 13.0 Å². The van der Waals surface area contributed by atoms with E-state index in [-0.39, 0.29) is 17.8 Å². The van der Waals surface area contributed by atoms with Gasteiger partial charge in [-0.3, -0.25) is 4.79 Å². The smallest absolute Gasteiger partial charge is 0.334 e. The molecule has 0 aromatic heterocycles. The molecule has 0 aliphatic carbocycles. The lowest BCUT2D eigenvalue weighted by Gasteiger charge is -2.28. The molecule has 0 rings (SSSR count). The molecule has 0 spiro atoms. The second kappa shape index (κ2) is 10.1. The van der Waals surface area contributed by atoms with Crippen molar-refractivity contribution in [1.29, 1.82) is 0 Å². The summed E-state index contributed by atoms with van der Waals surface area (Å²) in [6.45, 7) is 9.01. The fourth-order valence-corrected chi connectivity index (χ4v) is 4.75. The Morgan fingerprint density at radius 2 is 1.80 bits per heavy atom. The van der Waals surface area contributed by atoms with Crippen LogP contribution >= 0.6 is 0 Å². The van der Waals surface area contributed by atoms with E-state index >= 15 is 0 Å². The molecule has 0 saturated heterocycles. The van der Waals surface area contributed by atoms with Crippen LogP contribution in [0.1, 0.15) is 33.6 Å². The fraction of sp³-hybridized carbons (Fsp3) is 0.857. The number of carbonyl (C=O) groups is 2. The topological polar surface area (TPSA) is 61.8 Å². The highest BCUT2D eigenvalue weighted by Crippen LogP contribution is 2.26. The first-order valence-electron chi connectivity index (χ1n) is 7.23. The average molecular weight is 304 g/mol. The molecule has 2 atom stereocenters. The molecule has 118 valence electrons. The lowest BCUT2D eigenvalue weighted by molar-refractivity contribution is -0.147. The maximum absolute atomic E-state index is 11.9. The van der Waals surface area contributed by atoms with Gasteiger partial charge in [0.15, 0.2) is 0 Å². The van der Waals surface area contributed by atoms with Crippen molar-refractivity contribution in [3.63, 3.8) is 0 Å². The van der Waals surface area contributed by atoms with Crippen LogP contribution in [0.2, 0.25) is 12.6 Å². The van der Waals surface area contributed by atoms with E-state index < -0.39 is 8.56 Å². The standard InChI is InChI=1S/C14H28O5Si/c1-6-18-20(5,19-7-2)11-9-13(14(16)17-4)12(3)8-10-15/h10,12-13H,6-9,11H2,1-5H3. The first kappa shape index (κ1) is 19.3. The van der Waals surface area contributed by atoms with E-state index in [1.54, 1.807) is 0 Å². The molecule has 6 heteroatoms. The summed E-state index contributed by atoms with van der Waals surface area (Å²) in [6.07, 6.45) is 1.84. The molecule has 0 amide bonds. The molecule has 0 aliphatic heterocycles. The monoisotopic (exact) mass is 304 g/mol. The largest absolute Gasteiger partial charge is 0.469 e. The van der Waals surface area contributed by atoms with Crippen molar-refractivity contribution in [2.24, 2.45) is 11.8 Å². The Kier molecular flexibility index (Phi) is 9.70.